The lowest BCUT2D eigenvalue weighted by atomic mass is 9.89. The highest BCUT2D eigenvalue weighted by Crippen LogP contribution is 2.26. The molecule has 1 aliphatic heterocycles. The van der Waals surface area contributed by atoms with E-state index in [4.69, 9.17) is 4.74 Å². The smallest absolute Gasteiger partial charge is 0.157 e. The van der Waals surface area contributed by atoms with Crippen LogP contribution in [0.3, 0.4) is 0 Å². The van der Waals surface area contributed by atoms with E-state index in [1.165, 1.54) is 19.3 Å². The van der Waals surface area contributed by atoms with E-state index in [2.05, 4.69) is 24.8 Å². The largest absolute Gasteiger partial charge is 0.496 e. The molecule has 0 atom stereocenters. The number of piperidine rings is 1. The number of benzene rings is 1. The number of carbonyl (C=O) groups is 1. The predicted molar refractivity (Wildman–Crippen MR) is 85.9 cm³/mol. The van der Waals surface area contributed by atoms with Crippen molar-refractivity contribution >= 4 is 5.78 Å². The molecule has 21 heavy (non-hydrogen) atoms. The molecule has 3 nitrogen and oxygen atoms in total. The van der Waals surface area contributed by atoms with Gasteiger partial charge in [-0.05, 0) is 52.8 Å². The molecule has 0 radical (unpaired) electrons. The van der Waals surface area contributed by atoms with Crippen molar-refractivity contribution in [3.05, 3.63) is 29.3 Å². The van der Waals surface area contributed by atoms with Crippen LogP contribution in [0.1, 0.15) is 44.2 Å². The van der Waals surface area contributed by atoms with Crippen LogP contribution in [0.25, 0.3) is 0 Å². The second-order valence-electron chi connectivity index (χ2n) is 6.52. The monoisotopic (exact) mass is 289 g/mol. The van der Waals surface area contributed by atoms with E-state index in [-0.39, 0.29) is 5.78 Å². The first-order chi connectivity index (χ1) is 9.95. The van der Waals surface area contributed by atoms with Gasteiger partial charge in [-0.25, -0.2) is 0 Å². The fraction of sp³-hybridized carbons (Fsp3) is 0.611. The number of likely N-dealkylation sites (tertiary alicyclic amines) is 1. The lowest BCUT2D eigenvalue weighted by Gasteiger charge is -2.39. The third-order valence-electron chi connectivity index (χ3n) is 4.62. The molecule has 0 saturated carbocycles. The summed E-state index contributed by atoms with van der Waals surface area (Å²) in [5.41, 5.74) is 1.76. The molecule has 1 aliphatic rings. The summed E-state index contributed by atoms with van der Waals surface area (Å²) >= 11 is 0. The number of Topliss-reactive ketones (excluding diaryl/α,β-unsaturated/α-hetero) is 1. The van der Waals surface area contributed by atoms with Gasteiger partial charge in [-0.2, -0.15) is 0 Å². The summed E-state index contributed by atoms with van der Waals surface area (Å²) in [5.74, 6) is 1.08. The molecule has 0 aromatic heterocycles. The Balaban J connectivity index is 2.14. The molecule has 0 amide bonds. The minimum Gasteiger partial charge on any atom is -0.496 e. The maximum absolute atomic E-state index is 12.8. The number of aryl methyl sites for hydroxylation is 1. The Bertz CT molecular complexity index is 502. The van der Waals surface area contributed by atoms with Crippen LogP contribution >= 0.6 is 0 Å². The second-order valence-corrected chi connectivity index (χ2v) is 6.52. The van der Waals surface area contributed by atoms with Gasteiger partial charge < -0.3 is 4.74 Å². The van der Waals surface area contributed by atoms with Crippen LogP contribution in [0.4, 0.5) is 0 Å². The summed E-state index contributed by atoms with van der Waals surface area (Å²) in [6.45, 7) is 8.22. The van der Waals surface area contributed by atoms with Gasteiger partial charge in [0.25, 0.3) is 0 Å². The van der Waals surface area contributed by atoms with Gasteiger partial charge in [-0.15, -0.1) is 0 Å². The van der Waals surface area contributed by atoms with E-state index in [0.29, 0.717) is 6.42 Å². The van der Waals surface area contributed by atoms with E-state index < -0.39 is 5.54 Å². The number of rotatable bonds is 5. The molecule has 1 fully saturated rings. The molecule has 0 aliphatic carbocycles. The van der Waals surface area contributed by atoms with Crippen LogP contribution in [0.5, 0.6) is 5.75 Å². The molecular formula is C18H27NO2. The highest BCUT2D eigenvalue weighted by molar-refractivity contribution is 5.90. The van der Waals surface area contributed by atoms with Crippen LogP contribution in [0.15, 0.2) is 18.2 Å². The number of hydrogen-bond acceptors (Lipinski definition) is 3. The number of methoxy groups -OCH3 is 1. The maximum atomic E-state index is 12.8. The average Bonchev–Trinajstić information content (AvgIpc) is 2.48. The van der Waals surface area contributed by atoms with Crippen molar-refractivity contribution in [1.29, 1.82) is 0 Å². The molecule has 1 saturated heterocycles. The van der Waals surface area contributed by atoms with E-state index >= 15 is 0 Å². The Kier molecular flexibility index (Phi) is 5.04. The lowest BCUT2D eigenvalue weighted by molar-refractivity contribution is -0.129. The van der Waals surface area contributed by atoms with Crippen molar-refractivity contribution in [2.24, 2.45) is 0 Å². The molecule has 0 spiro atoms. The van der Waals surface area contributed by atoms with Crippen molar-refractivity contribution in [1.82, 2.24) is 4.90 Å². The van der Waals surface area contributed by atoms with Gasteiger partial charge in [0.05, 0.1) is 12.6 Å². The molecule has 1 aromatic carbocycles. The van der Waals surface area contributed by atoms with E-state index in [0.717, 1.165) is 30.0 Å². The highest BCUT2D eigenvalue weighted by atomic mass is 16.5. The van der Waals surface area contributed by atoms with E-state index in [1.54, 1.807) is 7.11 Å². The van der Waals surface area contributed by atoms with Gasteiger partial charge in [0.1, 0.15) is 5.75 Å². The van der Waals surface area contributed by atoms with Crippen LogP contribution in [0, 0.1) is 6.92 Å². The summed E-state index contributed by atoms with van der Waals surface area (Å²) < 4.78 is 5.39. The molecule has 0 bridgehead atoms. The predicted octanol–water partition coefficient (Wildman–Crippen LogP) is 3.38. The Morgan fingerprint density at radius 1 is 1.24 bits per heavy atom. The third-order valence-corrected chi connectivity index (χ3v) is 4.62. The van der Waals surface area contributed by atoms with E-state index in [1.807, 2.05) is 19.1 Å². The molecule has 0 unspecified atom stereocenters. The quantitative estimate of drug-likeness (QED) is 0.832. The minimum atomic E-state index is -0.394. The van der Waals surface area contributed by atoms with Gasteiger partial charge >= 0.3 is 0 Å². The second kappa shape index (κ2) is 6.61. The third kappa shape index (κ3) is 3.65. The van der Waals surface area contributed by atoms with Gasteiger partial charge in [0, 0.05) is 12.0 Å². The summed E-state index contributed by atoms with van der Waals surface area (Å²) in [6, 6.07) is 6.03. The van der Waals surface area contributed by atoms with Crippen LogP contribution in [-0.2, 0) is 11.2 Å². The minimum absolute atomic E-state index is 0.272. The summed E-state index contributed by atoms with van der Waals surface area (Å²) in [5, 5.41) is 0. The normalized spacial score (nSPS) is 16.8. The van der Waals surface area contributed by atoms with Crippen LogP contribution in [-0.4, -0.2) is 36.4 Å². The van der Waals surface area contributed by atoms with Crippen molar-refractivity contribution in [2.75, 3.05) is 20.2 Å². The zero-order valence-corrected chi connectivity index (χ0v) is 13.7. The zero-order chi connectivity index (χ0) is 15.5. The van der Waals surface area contributed by atoms with Gasteiger partial charge in [0.2, 0.25) is 0 Å². The SMILES string of the molecule is COc1ccc(C)cc1CC(=O)C(C)(C)N1CCCCC1. The first-order valence-corrected chi connectivity index (χ1v) is 7.87. The Labute approximate surface area is 128 Å². The maximum Gasteiger partial charge on any atom is 0.157 e. The number of ether oxygens (including phenoxy) is 1. The molecule has 3 heteroatoms. The number of nitrogens with zero attached hydrogens (tertiary/aromatic N) is 1. The number of carbonyl (C=O) groups excluding carboxylic acids is 1. The topological polar surface area (TPSA) is 29.5 Å². The van der Waals surface area contributed by atoms with Gasteiger partial charge in [0.15, 0.2) is 5.78 Å². The van der Waals surface area contributed by atoms with Gasteiger partial charge in [-0.3, -0.25) is 9.69 Å². The highest BCUT2D eigenvalue weighted by Gasteiger charge is 2.34. The van der Waals surface area contributed by atoms with Crippen molar-refractivity contribution in [3.63, 3.8) is 0 Å². The first-order valence-electron chi connectivity index (χ1n) is 7.87. The standard InChI is InChI=1S/C18H27NO2/c1-14-8-9-16(21-4)15(12-14)13-17(20)18(2,3)19-10-6-5-7-11-19/h8-9,12H,5-7,10-11,13H2,1-4H3. The van der Waals surface area contributed by atoms with E-state index in [9.17, 15) is 4.79 Å². The summed E-state index contributed by atoms with van der Waals surface area (Å²) in [6.07, 6.45) is 4.12. The molecule has 1 aromatic rings. The van der Waals surface area contributed by atoms with Crippen molar-refractivity contribution in [3.8, 4) is 5.75 Å². The van der Waals surface area contributed by atoms with Crippen LogP contribution < -0.4 is 4.74 Å². The number of ketones is 1. The first kappa shape index (κ1) is 16.0. The summed E-state index contributed by atoms with van der Waals surface area (Å²) in [4.78, 5) is 15.2. The molecular weight excluding hydrogens is 262 g/mol. The molecule has 2 rings (SSSR count). The zero-order valence-electron chi connectivity index (χ0n) is 13.7. The Hall–Kier alpha value is -1.35. The fourth-order valence-electron chi connectivity index (χ4n) is 3.06. The lowest BCUT2D eigenvalue weighted by Crippen LogP contribution is -2.52. The fourth-order valence-corrected chi connectivity index (χ4v) is 3.06. The summed E-state index contributed by atoms with van der Waals surface area (Å²) in [7, 11) is 1.66. The Morgan fingerprint density at radius 2 is 1.90 bits per heavy atom. The molecule has 116 valence electrons. The van der Waals surface area contributed by atoms with Crippen molar-refractivity contribution in [2.45, 2.75) is 52.0 Å². The van der Waals surface area contributed by atoms with Crippen LogP contribution in [0.2, 0.25) is 0 Å². The average molecular weight is 289 g/mol. The molecule has 1 heterocycles. The van der Waals surface area contributed by atoms with Crippen molar-refractivity contribution < 1.29 is 9.53 Å². The number of hydrogen-bond donors (Lipinski definition) is 0. The Morgan fingerprint density at radius 3 is 2.52 bits per heavy atom. The van der Waals surface area contributed by atoms with Gasteiger partial charge in [-0.1, -0.05) is 24.1 Å². The molecule has 0 N–H and O–H groups in total.